The van der Waals surface area contributed by atoms with Crippen molar-refractivity contribution in [2.24, 2.45) is 5.92 Å². The fourth-order valence-corrected chi connectivity index (χ4v) is 3.70. The summed E-state index contributed by atoms with van der Waals surface area (Å²) in [7, 11) is 1.58. The molecule has 0 radical (unpaired) electrons. The number of aromatic nitrogens is 1. The molecule has 0 saturated carbocycles. The summed E-state index contributed by atoms with van der Waals surface area (Å²) in [6.07, 6.45) is 2.85. The van der Waals surface area contributed by atoms with Gasteiger partial charge in [0.25, 0.3) is 0 Å². The normalized spacial score (nSPS) is 19.4. The van der Waals surface area contributed by atoms with Crippen molar-refractivity contribution in [2.75, 3.05) is 38.7 Å². The van der Waals surface area contributed by atoms with E-state index in [4.69, 9.17) is 9.47 Å². The van der Waals surface area contributed by atoms with Gasteiger partial charge in [-0.1, -0.05) is 6.92 Å². The topological polar surface area (TPSA) is 84.9 Å². The average Bonchev–Trinajstić information content (AvgIpc) is 3.05. The predicted molar refractivity (Wildman–Crippen MR) is 108 cm³/mol. The third-order valence-corrected chi connectivity index (χ3v) is 5.44. The molecular formula is C21H30N3O4+. The van der Waals surface area contributed by atoms with E-state index >= 15 is 0 Å². The van der Waals surface area contributed by atoms with Crippen molar-refractivity contribution in [3.05, 3.63) is 23.9 Å². The number of rotatable bonds is 7. The van der Waals surface area contributed by atoms with Crippen LogP contribution in [0, 0.1) is 5.92 Å². The lowest BCUT2D eigenvalue weighted by molar-refractivity contribution is -0.905. The van der Waals surface area contributed by atoms with Crippen LogP contribution in [0.5, 0.6) is 5.75 Å². The molecule has 0 atom stereocenters. The Labute approximate surface area is 165 Å². The maximum atomic E-state index is 12.6. The highest BCUT2D eigenvalue weighted by atomic mass is 16.5. The molecule has 1 aromatic carbocycles. The minimum absolute atomic E-state index is 0.0969. The number of amides is 1. The van der Waals surface area contributed by atoms with Crippen molar-refractivity contribution in [1.82, 2.24) is 4.98 Å². The van der Waals surface area contributed by atoms with Gasteiger partial charge in [0.15, 0.2) is 0 Å². The van der Waals surface area contributed by atoms with Crippen LogP contribution in [0.2, 0.25) is 0 Å². The van der Waals surface area contributed by atoms with E-state index in [0.717, 1.165) is 36.5 Å². The van der Waals surface area contributed by atoms with Gasteiger partial charge in [-0.3, -0.25) is 4.79 Å². The van der Waals surface area contributed by atoms with Crippen LogP contribution < -0.4 is 15.0 Å². The average molecular weight is 388 g/mol. The minimum Gasteiger partial charge on any atom is -0.497 e. The number of benzene rings is 1. The number of nitrogens with one attached hydrogen (secondary N) is 3. The Morgan fingerprint density at radius 3 is 2.71 bits per heavy atom. The summed E-state index contributed by atoms with van der Waals surface area (Å²) in [6.45, 7) is 7.34. The second kappa shape index (κ2) is 9.10. The van der Waals surface area contributed by atoms with Gasteiger partial charge < -0.3 is 24.7 Å². The van der Waals surface area contributed by atoms with Crippen LogP contribution in [0.15, 0.2) is 18.2 Å². The first kappa shape index (κ1) is 20.2. The van der Waals surface area contributed by atoms with Crippen LogP contribution in [0.1, 0.15) is 43.6 Å². The lowest BCUT2D eigenvalue weighted by Crippen LogP contribution is -3.13. The first-order valence-electron chi connectivity index (χ1n) is 10.0. The number of piperidine rings is 1. The van der Waals surface area contributed by atoms with Crippen LogP contribution in [-0.4, -0.2) is 50.2 Å². The van der Waals surface area contributed by atoms with E-state index in [1.165, 1.54) is 17.7 Å². The number of hydrogen-bond acceptors (Lipinski definition) is 4. The molecule has 3 rings (SSSR count). The van der Waals surface area contributed by atoms with Crippen molar-refractivity contribution < 1.29 is 24.0 Å². The van der Waals surface area contributed by atoms with Crippen LogP contribution in [-0.2, 0) is 9.53 Å². The molecule has 3 N–H and O–H groups in total. The van der Waals surface area contributed by atoms with E-state index < -0.39 is 5.97 Å². The maximum absolute atomic E-state index is 12.6. The highest BCUT2D eigenvalue weighted by molar-refractivity contribution is 6.11. The Kier molecular flexibility index (Phi) is 6.57. The van der Waals surface area contributed by atoms with Gasteiger partial charge in [-0.05, 0) is 43.9 Å². The number of esters is 1. The zero-order valence-electron chi connectivity index (χ0n) is 16.9. The molecule has 7 nitrogen and oxygen atoms in total. The van der Waals surface area contributed by atoms with Gasteiger partial charge >= 0.3 is 5.97 Å². The molecule has 7 heteroatoms. The Hall–Kier alpha value is -2.54. The summed E-state index contributed by atoms with van der Waals surface area (Å²) in [5.74, 6) is 0.860. The molecule has 2 heterocycles. The molecule has 0 aliphatic carbocycles. The van der Waals surface area contributed by atoms with E-state index in [1.54, 1.807) is 26.2 Å². The number of aromatic amines is 1. The van der Waals surface area contributed by atoms with Gasteiger partial charge in [-0.2, -0.15) is 0 Å². The third kappa shape index (κ3) is 4.65. The lowest BCUT2D eigenvalue weighted by atomic mass is 9.99. The predicted octanol–water partition coefficient (Wildman–Crippen LogP) is 2.00. The number of ether oxygens (including phenoxy) is 2. The number of quaternary nitrogens is 1. The van der Waals surface area contributed by atoms with Gasteiger partial charge in [0.1, 0.15) is 11.4 Å². The van der Waals surface area contributed by atoms with Gasteiger partial charge in [0.2, 0.25) is 5.91 Å². The number of methoxy groups -OCH3 is 1. The first-order chi connectivity index (χ1) is 13.5. The SMILES string of the molecule is CCOC(=O)c1[nH]c2ccc(OC)cc2c1NC(=O)CC[NH+]1CCC(C)CC1. The largest absolute Gasteiger partial charge is 0.497 e. The number of anilines is 1. The Balaban J connectivity index is 1.76. The quantitative estimate of drug-likeness (QED) is 0.634. The summed E-state index contributed by atoms with van der Waals surface area (Å²) in [5.41, 5.74) is 1.46. The number of fused-ring (bicyclic) bond motifs is 1. The molecule has 1 amide bonds. The van der Waals surface area contributed by atoms with Crippen molar-refractivity contribution >= 4 is 28.5 Å². The van der Waals surface area contributed by atoms with Crippen LogP contribution >= 0.6 is 0 Å². The highest BCUT2D eigenvalue weighted by Crippen LogP contribution is 2.31. The standard InChI is InChI=1S/C21H29N3O4/c1-4-28-21(26)20-19(16-13-15(27-3)5-6-17(16)22-20)23-18(25)9-12-24-10-7-14(2)8-11-24/h5-6,13-14,22H,4,7-12H2,1-3H3,(H,23,25)/p+1. The molecule has 1 fully saturated rings. The van der Waals surface area contributed by atoms with Crippen LogP contribution in [0.4, 0.5) is 5.69 Å². The Bertz CT molecular complexity index is 838. The van der Waals surface area contributed by atoms with Crippen molar-refractivity contribution in [3.63, 3.8) is 0 Å². The summed E-state index contributed by atoms with van der Waals surface area (Å²) in [5, 5.41) is 3.66. The molecule has 1 saturated heterocycles. The fraction of sp³-hybridized carbons (Fsp3) is 0.524. The first-order valence-corrected chi connectivity index (χ1v) is 10.0. The number of likely N-dealkylation sites (tertiary alicyclic amines) is 1. The van der Waals surface area contributed by atoms with Gasteiger partial charge in [0.05, 0.1) is 45.5 Å². The molecule has 1 aromatic heterocycles. The lowest BCUT2D eigenvalue weighted by Gasteiger charge is -2.27. The molecule has 0 spiro atoms. The molecule has 28 heavy (non-hydrogen) atoms. The zero-order chi connectivity index (χ0) is 20.1. The molecule has 1 aliphatic rings. The third-order valence-electron chi connectivity index (χ3n) is 5.44. The van der Waals surface area contributed by atoms with Gasteiger partial charge in [0, 0.05) is 10.9 Å². The van der Waals surface area contributed by atoms with Gasteiger partial charge in [-0.15, -0.1) is 0 Å². The molecule has 1 aliphatic heterocycles. The Morgan fingerprint density at radius 1 is 1.29 bits per heavy atom. The monoisotopic (exact) mass is 388 g/mol. The second-order valence-electron chi connectivity index (χ2n) is 7.49. The summed E-state index contributed by atoms with van der Waals surface area (Å²) in [4.78, 5) is 29.5. The van der Waals surface area contributed by atoms with E-state index in [1.807, 2.05) is 6.07 Å². The number of carbonyl (C=O) groups excluding carboxylic acids is 2. The van der Waals surface area contributed by atoms with Crippen molar-refractivity contribution in [3.8, 4) is 5.75 Å². The highest BCUT2D eigenvalue weighted by Gasteiger charge is 2.23. The number of carbonyl (C=O) groups is 2. The van der Waals surface area contributed by atoms with E-state index in [-0.39, 0.29) is 18.2 Å². The second-order valence-corrected chi connectivity index (χ2v) is 7.49. The molecular weight excluding hydrogens is 358 g/mol. The van der Waals surface area contributed by atoms with Crippen molar-refractivity contribution in [1.29, 1.82) is 0 Å². The molecule has 0 bridgehead atoms. The molecule has 2 aromatic rings. The molecule has 152 valence electrons. The van der Waals surface area contributed by atoms with Gasteiger partial charge in [-0.25, -0.2) is 4.79 Å². The van der Waals surface area contributed by atoms with E-state index in [0.29, 0.717) is 17.9 Å². The van der Waals surface area contributed by atoms with E-state index in [9.17, 15) is 9.59 Å². The summed E-state index contributed by atoms with van der Waals surface area (Å²) < 4.78 is 10.4. The minimum atomic E-state index is -0.483. The number of H-pyrrole nitrogens is 1. The van der Waals surface area contributed by atoms with Crippen molar-refractivity contribution in [2.45, 2.75) is 33.1 Å². The van der Waals surface area contributed by atoms with Crippen LogP contribution in [0.3, 0.4) is 0 Å². The summed E-state index contributed by atoms with van der Waals surface area (Å²) >= 11 is 0. The maximum Gasteiger partial charge on any atom is 0.356 e. The fourth-order valence-electron chi connectivity index (χ4n) is 3.70. The van der Waals surface area contributed by atoms with Crippen LogP contribution in [0.25, 0.3) is 10.9 Å². The Morgan fingerprint density at radius 2 is 2.04 bits per heavy atom. The smallest absolute Gasteiger partial charge is 0.356 e. The van der Waals surface area contributed by atoms with E-state index in [2.05, 4.69) is 17.2 Å². The zero-order valence-corrected chi connectivity index (χ0v) is 16.9. The summed E-state index contributed by atoms with van der Waals surface area (Å²) in [6, 6.07) is 5.44. The molecule has 0 unspecified atom stereocenters. The number of hydrogen-bond donors (Lipinski definition) is 3.